The van der Waals surface area contributed by atoms with E-state index in [1.165, 1.54) is 0 Å². The van der Waals surface area contributed by atoms with Crippen LogP contribution in [0, 0.1) is 5.92 Å². The van der Waals surface area contributed by atoms with E-state index in [0.29, 0.717) is 16.7 Å². The van der Waals surface area contributed by atoms with Crippen LogP contribution in [0.5, 0.6) is 0 Å². The zero-order valence-corrected chi connectivity index (χ0v) is 17.4. The van der Waals surface area contributed by atoms with Crippen molar-refractivity contribution in [2.24, 2.45) is 28.9 Å². The van der Waals surface area contributed by atoms with Crippen molar-refractivity contribution in [1.29, 1.82) is 0 Å². The van der Waals surface area contributed by atoms with E-state index in [9.17, 15) is 0 Å². The molecule has 0 heterocycles. The van der Waals surface area contributed by atoms with Gasteiger partial charge in [0.15, 0.2) is 0 Å². The average molecular weight is 439 g/mol. The highest BCUT2D eigenvalue weighted by atomic mass is 14.8. The van der Waals surface area contributed by atoms with E-state index < -0.39 is 11.8 Å². The van der Waals surface area contributed by atoms with E-state index in [4.69, 9.17) is 68.8 Å². The molecule has 0 saturated carbocycles. The summed E-state index contributed by atoms with van der Waals surface area (Å²) in [6, 6.07) is 3.12. The molecule has 1 aliphatic carbocycles. The molecule has 0 fully saturated rings. The van der Waals surface area contributed by atoms with Crippen molar-refractivity contribution in [3.63, 3.8) is 0 Å². The van der Waals surface area contributed by atoms with Crippen molar-refractivity contribution in [2.75, 3.05) is 45.9 Å². The molecule has 32 heavy (non-hydrogen) atoms. The number of nitrogens with two attached hydrogens (primary N) is 12. The Kier molecular flexibility index (Phi) is 4.94. The van der Waals surface area contributed by atoms with Gasteiger partial charge in [0.1, 0.15) is 0 Å². The highest BCUT2D eigenvalue weighted by molar-refractivity contribution is 5.92. The van der Waals surface area contributed by atoms with Crippen molar-refractivity contribution >= 4 is 45.5 Å². The van der Waals surface area contributed by atoms with E-state index in [0.717, 1.165) is 0 Å². The molecule has 24 N–H and O–H groups in total. The number of hydrogen-bond acceptors (Lipinski definition) is 12. The first-order chi connectivity index (χ1) is 14.8. The Balaban J connectivity index is 2.47. The second-order valence-electron chi connectivity index (χ2n) is 7.76. The number of anilines is 8. The minimum Gasteiger partial charge on any atom is -0.400 e. The summed E-state index contributed by atoms with van der Waals surface area (Å²) in [5.74, 6) is -1.61. The first kappa shape index (κ1) is 22.0. The molecule has 1 aliphatic rings. The van der Waals surface area contributed by atoms with Gasteiger partial charge >= 0.3 is 0 Å². The largest absolute Gasteiger partial charge is 0.400 e. The summed E-state index contributed by atoms with van der Waals surface area (Å²) in [5, 5.41) is 0. The fraction of sp³-hybridized carbons (Fsp3) is 0.100. The standard InChI is InChI=1S/C20H30N12/c1-4-11(23)17(29)10(18(30)12(4)24)9(5-2-7(21)15(27)19(31)13(5)25)6-3-8(22)16(28)20(32)14(6)26/h2-3,9-10H,1,21-32H2. The zero-order valence-electron chi connectivity index (χ0n) is 17.4. The van der Waals surface area contributed by atoms with E-state index in [2.05, 4.69) is 6.58 Å². The summed E-state index contributed by atoms with van der Waals surface area (Å²) in [4.78, 5) is 0. The lowest BCUT2D eigenvalue weighted by atomic mass is 9.72. The molecule has 2 aromatic rings. The molecule has 0 radical (unpaired) electrons. The van der Waals surface area contributed by atoms with E-state index in [1.54, 1.807) is 12.1 Å². The van der Waals surface area contributed by atoms with Crippen molar-refractivity contribution in [2.45, 2.75) is 5.92 Å². The SMILES string of the molecule is C=C1C(N)=C(N)C(C(c2cc(N)c(N)c(N)c2N)c2cc(N)c(N)c(N)c2N)C(N)=C1N. The fourth-order valence-corrected chi connectivity index (χ4v) is 3.95. The summed E-state index contributed by atoms with van der Waals surface area (Å²) in [6.07, 6.45) is 0. The summed E-state index contributed by atoms with van der Waals surface area (Å²) >= 11 is 0. The third-order valence-corrected chi connectivity index (χ3v) is 5.97. The number of benzene rings is 2. The Hall–Kier alpha value is -4.74. The maximum absolute atomic E-state index is 6.42. The van der Waals surface area contributed by atoms with Crippen molar-refractivity contribution in [3.05, 3.63) is 58.2 Å². The molecular formula is C20H30N12. The van der Waals surface area contributed by atoms with Crippen LogP contribution in [0.1, 0.15) is 17.0 Å². The van der Waals surface area contributed by atoms with Gasteiger partial charge in [0.25, 0.3) is 0 Å². The lowest BCUT2D eigenvalue weighted by Crippen LogP contribution is -2.36. The highest BCUT2D eigenvalue weighted by Crippen LogP contribution is 2.50. The molecule has 0 saturated heterocycles. The maximum atomic E-state index is 6.42. The van der Waals surface area contributed by atoms with Gasteiger partial charge in [0.05, 0.1) is 62.8 Å². The van der Waals surface area contributed by atoms with Crippen LogP contribution in [0.4, 0.5) is 45.5 Å². The lowest BCUT2D eigenvalue weighted by Gasteiger charge is -2.36. The molecular weight excluding hydrogens is 408 g/mol. The monoisotopic (exact) mass is 438 g/mol. The predicted octanol–water partition coefficient (Wildman–Crippen LogP) is -1.08. The Morgan fingerprint density at radius 3 is 1.22 bits per heavy atom. The smallest absolute Gasteiger partial charge is 0.0805 e. The molecule has 12 nitrogen and oxygen atoms in total. The molecule has 170 valence electrons. The average Bonchev–Trinajstić information content (AvgIpc) is 2.76. The maximum Gasteiger partial charge on any atom is 0.0805 e. The van der Waals surface area contributed by atoms with Gasteiger partial charge in [-0.2, -0.15) is 0 Å². The summed E-state index contributed by atoms with van der Waals surface area (Å²) in [5.41, 5.74) is 77.3. The van der Waals surface area contributed by atoms with Gasteiger partial charge in [0, 0.05) is 22.9 Å². The molecule has 12 heteroatoms. The Morgan fingerprint density at radius 2 is 0.875 bits per heavy atom. The predicted molar refractivity (Wildman–Crippen MR) is 133 cm³/mol. The molecule has 0 amide bonds. The third kappa shape index (κ3) is 2.93. The summed E-state index contributed by atoms with van der Waals surface area (Å²) in [7, 11) is 0. The first-order valence-corrected chi connectivity index (χ1v) is 9.46. The van der Waals surface area contributed by atoms with Gasteiger partial charge in [-0.25, -0.2) is 0 Å². The molecule has 0 aliphatic heterocycles. The minimum absolute atomic E-state index is 0.0891. The van der Waals surface area contributed by atoms with Crippen LogP contribution < -0.4 is 68.8 Å². The lowest BCUT2D eigenvalue weighted by molar-refractivity contribution is 0.587. The van der Waals surface area contributed by atoms with Crippen LogP contribution in [0.25, 0.3) is 0 Å². The molecule has 0 bridgehead atoms. The van der Waals surface area contributed by atoms with E-state index in [1.807, 2.05) is 0 Å². The van der Waals surface area contributed by atoms with Crippen molar-refractivity contribution in [3.8, 4) is 0 Å². The Labute approximate surface area is 184 Å². The van der Waals surface area contributed by atoms with Crippen LogP contribution in [-0.2, 0) is 0 Å². The van der Waals surface area contributed by atoms with E-state index >= 15 is 0 Å². The normalized spacial score (nSPS) is 15.1. The first-order valence-electron chi connectivity index (χ1n) is 9.46. The number of nitrogen functional groups attached to an aromatic ring is 8. The highest BCUT2D eigenvalue weighted by Gasteiger charge is 2.38. The molecule has 0 spiro atoms. The molecule has 0 unspecified atom stereocenters. The number of hydrogen-bond donors (Lipinski definition) is 12. The van der Waals surface area contributed by atoms with Gasteiger partial charge in [0.2, 0.25) is 0 Å². The third-order valence-electron chi connectivity index (χ3n) is 5.97. The number of rotatable bonds is 3. The quantitative estimate of drug-likeness (QED) is 0.254. The van der Waals surface area contributed by atoms with Crippen LogP contribution in [0.3, 0.4) is 0 Å². The second-order valence-corrected chi connectivity index (χ2v) is 7.76. The van der Waals surface area contributed by atoms with Gasteiger partial charge in [-0.1, -0.05) is 6.58 Å². The van der Waals surface area contributed by atoms with Crippen molar-refractivity contribution in [1.82, 2.24) is 0 Å². The fourth-order valence-electron chi connectivity index (χ4n) is 3.95. The van der Waals surface area contributed by atoms with Crippen molar-refractivity contribution < 1.29 is 0 Å². The van der Waals surface area contributed by atoms with Gasteiger partial charge < -0.3 is 68.8 Å². The van der Waals surface area contributed by atoms with Gasteiger partial charge in [-0.05, 0) is 23.3 Å². The Bertz CT molecular complexity index is 1130. The minimum atomic E-state index is -0.810. The molecule has 0 aromatic heterocycles. The molecule has 0 atom stereocenters. The van der Waals surface area contributed by atoms with Crippen LogP contribution in [0.15, 0.2) is 47.1 Å². The molecule has 2 aromatic carbocycles. The summed E-state index contributed by atoms with van der Waals surface area (Å²) < 4.78 is 0. The zero-order chi connectivity index (χ0) is 24.2. The van der Waals surface area contributed by atoms with Gasteiger partial charge in [-0.3, -0.25) is 0 Å². The van der Waals surface area contributed by atoms with Gasteiger partial charge in [-0.15, -0.1) is 0 Å². The van der Waals surface area contributed by atoms with Crippen LogP contribution in [-0.4, -0.2) is 0 Å². The molecule has 3 rings (SSSR count). The Morgan fingerprint density at radius 1 is 0.531 bits per heavy atom. The van der Waals surface area contributed by atoms with Crippen LogP contribution >= 0.6 is 0 Å². The topological polar surface area (TPSA) is 312 Å². The van der Waals surface area contributed by atoms with E-state index in [-0.39, 0.29) is 68.3 Å². The summed E-state index contributed by atoms with van der Waals surface area (Å²) in [6.45, 7) is 3.84. The van der Waals surface area contributed by atoms with Crippen LogP contribution in [0.2, 0.25) is 0 Å². The second kappa shape index (κ2) is 7.19.